The number of rotatable bonds is 6. The van der Waals surface area contributed by atoms with Gasteiger partial charge in [0.2, 0.25) is 5.91 Å². The Labute approximate surface area is 166 Å². The summed E-state index contributed by atoms with van der Waals surface area (Å²) in [7, 11) is 1.56. The third-order valence-electron chi connectivity index (χ3n) is 3.78. The highest BCUT2D eigenvalue weighted by Gasteiger charge is 2.12. The van der Waals surface area contributed by atoms with Crippen molar-refractivity contribution in [2.24, 2.45) is 0 Å². The van der Waals surface area contributed by atoms with Crippen molar-refractivity contribution in [1.29, 1.82) is 0 Å². The summed E-state index contributed by atoms with van der Waals surface area (Å²) in [6, 6.07) is 14.3. The zero-order chi connectivity index (χ0) is 19.9. The maximum Gasteiger partial charge on any atom is 0.325 e. The summed E-state index contributed by atoms with van der Waals surface area (Å²) in [6.07, 6.45) is 0.0928. The number of methoxy groups -OCH3 is 1. The average molecular weight is 396 g/mol. The molecule has 144 valence electrons. The topological polar surface area (TPSA) is 92.4 Å². The van der Waals surface area contributed by atoms with E-state index in [0.717, 1.165) is 5.56 Å². The predicted molar refractivity (Wildman–Crippen MR) is 111 cm³/mol. The molecule has 3 amide bonds. The van der Waals surface area contributed by atoms with E-state index in [-0.39, 0.29) is 18.4 Å². The standard InChI is InChI=1S/C20H20N4O3S/c1-13-8-9-16(17(10-13)27-2)23-18(25)11-15-12-28-20(22-15)24-19(26)21-14-6-4-3-5-7-14/h3-10,12H,11H2,1-2H3,(H,23,25)(H2,21,22,24,26). The first-order valence-electron chi connectivity index (χ1n) is 8.55. The Kier molecular flexibility index (Phi) is 6.23. The van der Waals surface area contributed by atoms with E-state index >= 15 is 0 Å². The summed E-state index contributed by atoms with van der Waals surface area (Å²) in [5.41, 5.74) is 2.90. The van der Waals surface area contributed by atoms with E-state index in [9.17, 15) is 9.59 Å². The first kappa shape index (κ1) is 19.4. The molecule has 1 aromatic heterocycles. The van der Waals surface area contributed by atoms with Crippen molar-refractivity contribution in [2.75, 3.05) is 23.1 Å². The maximum absolute atomic E-state index is 12.3. The van der Waals surface area contributed by atoms with Crippen molar-refractivity contribution in [3.8, 4) is 5.75 Å². The van der Waals surface area contributed by atoms with E-state index in [4.69, 9.17) is 4.74 Å². The number of hydrogen-bond acceptors (Lipinski definition) is 5. The Bertz CT molecular complexity index is 973. The molecule has 0 unspecified atom stereocenters. The van der Waals surface area contributed by atoms with Gasteiger partial charge in [0.05, 0.1) is 24.9 Å². The zero-order valence-electron chi connectivity index (χ0n) is 15.5. The number of urea groups is 1. The van der Waals surface area contributed by atoms with E-state index < -0.39 is 0 Å². The fourth-order valence-electron chi connectivity index (χ4n) is 2.49. The first-order chi connectivity index (χ1) is 13.5. The molecule has 0 aliphatic rings. The number of benzene rings is 2. The largest absolute Gasteiger partial charge is 0.495 e. The average Bonchev–Trinajstić information content (AvgIpc) is 3.10. The highest BCUT2D eigenvalue weighted by molar-refractivity contribution is 7.14. The molecule has 0 aliphatic heterocycles. The van der Waals surface area contributed by atoms with Gasteiger partial charge in [-0.25, -0.2) is 9.78 Å². The van der Waals surface area contributed by atoms with Crippen LogP contribution in [0.15, 0.2) is 53.9 Å². The Morgan fingerprint density at radius 2 is 1.86 bits per heavy atom. The van der Waals surface area contributed by atoms with Gasteiger partial charge in [-0.15, -0.1) is 11.3 Å². The number of anilines is 3. The SMILES string of the molecule is COc1cc(C)ccc1NC(=O)Cc1csc(NC(=O)Nc2ccccc2)n1. The molecule has 0 spiro atoms. The number of thiazole rings is 1. The Morgan fingerprint density at radius 3 is 2.61 bits per heavy atom. The molecule has 0 saturated heterocycles. The molecule has 0 saturated carbocycles. The molecule has 0 atom stereocenters. The molecule has 2 aromatic carbocycles. The van der Waals surface area contributed by atoms with Crippen LogP contribution in [0.4, 0.5) is 21.3 Å². The zero-order valence-corrected chi connectivity index (χ0v) is 16.3. The van der Waals surface area contributed by atoms with Crippen LogP contribution in [-0.2, 0) is 11.2 Å². The van der Waals surface area contributed by atoms with Crippen LogP contribution < -0.4 is 20.7 Å². The van der Waals surface area contributed by atoms with E-state index in [0.29, 0.717) is 27.9 Å². The first-order valence-corrected chi connectivity index (χ1v) is 9.43. The molecule has 3 rings (SSSR count). The van der Waals surface area contributed by atoms with E-state index in [1.54, 1.807) is 30.7 Å². The van der Waals surface area contributed by atoms with Crippen molar-refractivity contribution >= 4 is 39.8 Å². The number of ether oxygens (including phenoxy) is 1. The summed E-state index contributed by atoms with van der Waals surface area (Å²) in [6.45, 7) is 1.95. The van der Waals surface area contributed by atoms with Crippen LogP contribution >= 0.6 is 11.3 Å². The van der Waals surface area contributed by atoms with Gasteiger partial charge in [-0.2, -0.15) is 0 Å². The second-order valence-corrected chi connectivity index (χ2v) is 6.88. The second kappa shape index (κ2) is 9.01. The van der Waals surface area contributed by atoms with Gasteiger partial charge in [-0.05, 0) is 36.8 Å². The van der Waals surface area contributed by atoms with Crippen LogP contribution in [-0.4, -0.2) is 24.0 Å². The van der Waals surface area contributed by atoms with Crippen LogP contribution in [0, 0.1) is 6.92 Å². The number of para-hydroxylation sites is 1. The molecule has 1 heterocycles. The third-order valence-corrected chi connectivity index (χ3v) is 4.58. The van der Waals surface area contributed by atoms with E-state index in [1.807, 2.05) is 37.3 Å². The van der Waals surface area contributed by atoms with Gasteiger partial charge >= 0.3 is 6.03 Å². The molecular weight excluding hydrogens is 376 g/mol. The quantitative estimate of drug-likeness (QED) is 0.580. The number of aryl methyl sites for hydroxylation is 1. The smallest absolute Gasteiger partial charge is 0.325 e. The van der Waals surface area contributed by atoms with Gasteiger partial charge in [0.1, 0.15) is 5.75 Å². The normalized spacial score (nSPS) is 10.2. The highest BCUT2D eigenvalue weighted by Crippen LogP contribution is 2.25. The molecular formula is C20H20N4O3S. The fourth-order valence-corrected chi connectivity index (χ4v) is 3.19. The number of aromatic nitrogens is 1. The summed E-state index contributed by atoms with van der Waals surface area (Å²) in [5.74, 6) is 0.388. The molecule has 3 aromatic rings. The van der Waals surface area contributed by atoms with Gasteiger partial charge in [-0.1, -0.05) is 24.3 Å². The fraction of sp³-hybridized carbons (Fsp3) is 0.150. The Hall–Kier alpha value is -3.39. The molecule has 28 heavy (non-hydrogen) atoms. The minimum atomic E-state index is -0.388. The lowest BCUT2D eigenvalue weighted by atomic mass is 10.2. The third kappa shape index (κ3) is 5.31. The number of amides is 3. The highest BCUT2D eigenvalue weighted by atomic mass is 32.1. The van der Waals surface area contributed by atoms with Crippen LogP contribution in [0.25, 0.3) is 0 Å². The molecule has 0 bridgehead atoms. The minimum Gasteiger partial charge on any atom is -0.495 e. The van der Waals surface area contributed by atoms with Crippen molar-refractivity contribution in [3.63, 3.8) is 0 Å². The second-order valence-electron chi connectivity index (χ2n) is 6.02. The summed E-state index contributed by atoms with van der Waals surface area (Å²) >= 11 is 1.26. The lowest BCUT2D eigenvalue weighted by molar-refractivity contribution is -0.115. The number of carbonyl (C=O) groups is 2. The number of carbonyl (C=O) groups excluding carboxylic acids is 2. The number of hydrogen-bond donors (Lipinski definition) is 3. The number of nitrogens with zero attached hydrogens (tertiary/aromatic N) is 1. The van der Waals surface area contributed by atoms with Crippen molar-refractivity contribution < 1.29 is 14.3 Å². The van der Waals surface area contributed by atoms with Crippen molar-refractivity contribution in [1.82, 2.24) is 4.98 Å². The molecule has 8 heteroatoms. The Balaban J connectivity index is 1.55. The predicted octanol–water partition coefficient (Wildman–Crippen LogP) is 4.29. The van der Waals surface area contributed by atoms with Gasteiger partial charge in [-0.3, -0.25) is 10.1 Å². The summed E-state index contributed by atoms with van der Waals surface area (Å²) < 4.78 is 5.29. The van der Waals surface area contributed by atoms with E-state index in [1.165, 1.54) is 11.3 Å². The van der Waals surface area contributed by atoms with Crippen LogP contribution in [0.2, 0.25) is 0 Å². The summed E-state index contributed by atoms with van der Waals surface area (Å²) in [5, 5.41) is 10.4. The molecule has 7 nitrogen and oxygen atoms in total. The molecule has 0 fully saturated rings. The Morgan fingerprint density at radius 1 is 1.07 bits per heavy atom. The van der Waals surface area contributed by atoms with Gasteiger partial charge in [0, 0.05) is 11.1 Å². The summed E-state index contributed by atoms with van der Waals surface area (Å²) in [4.78, 5) is 28.6. The molecule has 3 N–H and O–H groups in total. The van der Waals surface area contributed by atoms with E-state index in [2.05, 4.69) is 20.9 Å². The lowest BCUT2D eigenvalue weighted by Gasteiger charge is -2.10. The lowest BCUT2D eigenvalue weighted by Crippen LogP contribution is -2.19. The van der Waals surface area contributed by atoms with Crippen molar-refractivity contribution in [3.05, 3.63) is 65.2 Å². The monoisotopic (exact) mass is 396 g/mol. The van der Waals surface area contributed by atoms with Crippen LogP contribution in [0.3, 0.4) is 0 Å². The maximum atomic E-state index is 12.3. The van der Waals surface area contributed by atoms with Gasteiger partial charge in [0.25, 0.3) is 0 Å². The minimum absolute atomic E-state index is 0.0928. The molecule has 0 radical (unpaired) electrons. The van der Waals surface area contributed by atoms with Crippen molar-refractivity contribution in [2.45, 2.75) is 13.3 Å². The van der Waals surface area contributed by atoms with Crippen LogP contribution in [0.5, 0.6) is 5.75 Å². The van der Waals surface area contributed by atoms with Gasteiger partial charge < -0.3 is 15.4 Å². The van der Waals surface area contributed by atoms with Gasteiger partial charge in [0.15, 0.2) is 5.13 Å². The van der Waals surface area contributed by atoms with Crippen LogP contribution in [0.1, 0.15) is 11.3 Å². The molecule has 0 aliphatic carbocycles. The number of nitrogens with one attached hydrogen (secondary N) is 3.